The van der Waals surface area contributed by atoms with Crippen molar-refractivity contribution in [2.24, 2.45) is 0 Å². The molecule has 5 heteroatoms. The smallest absolute Gasteiger partial charge is 0.222 e. The van der Waals surface area contributed by atoms with Crippen LogP contribution >= 0.6 is 11.6 Å². The van der Waals surface area contributed by atoms with Gasteiger partial charge in [-0.1, -0.05) is 11.6 Å². The van der Waals surface area contributed by atoms with E-state index in [-0.39, 0.29) is 0 Å². The van der Waals surface area contributed by atoms with Crippen LogP contribution in [0.15, 0.2) is 30.3 Å². The van der Waals surface area contributed by atoms with Crippen LogP contribution in [0.5, 0.6) is 11.6 Å². The summed E-state index contributed by atoms with van der Waals surface area (Å²) in [5.74, 6) is 1.83. The summed E-state index contributed by atoms with van der Waals surface area (Å²) in [6, 6.07) is 8.86. The Morgan fingerprint density at radius 1 is 1.17 bits per heavy atom. The normalized spacial score (nSPS) is 10.4. The van der Waals surface area contributed by atoms with Crippen molar-refractivity contribution in [1.82, 2.24) is 9.97 Å². The maximum atomic E-state index is 5.81. The number of ether oxygens (including phenoxy) is 2. The van der Waals surface area contributed by atoms with Crippen LogP contribution < -0.4 is 4.74 Å². The van der Waals surface area contributed by atoms with Crippen molar-refractivity contribution in [2.75, 3.05) is 7.11 Å². The molecule has 94 valence electrons. The first-order valence-electron chi connectivity index (χ1n) is 5.44. The van der Waals surface area contributed by atoms with E-state index in [2.05, 4.69) is 9.97 Å². The molecule has 0 bridgehead atoms. The van der Waals surface area contributed by atoms with E-state index in [0.717, 1.165) is 5.69 Å². The van der Waals surface area contributed by atoms with Crippen LogP contribution in [0.4, 0.5) is 0 Å². The van der Waals surface area contributed by atoms with Crippen LogP contribution in [-0.2, 0) is 11.3 Å². The van der Waals surface area contributed by atoms with Gasteiger partial charge in [0.15, 0.2) is 0 Å². The number of benzene rings is 1. The molecule has 0 aliphatic carbocycles. The Kier molecular flexibility index (Phi) is 4.12. The van der Waals surface area contributed by atoms with Gasteiger partial charge in [0.2, 0.25) is 5.88 Å². The minimum absolute atomic E-state index is 0.431. The molecule has 0 aliphatic heterocycles. The summed E-state index contributed by atoms with van der Waals surface area (Å²) >= 11 is 5.81. The molecule has 1 aromatic carbocycles. The summed E-state index contributed by atoms with van der Waals surface area (Å²) in [5, 5.41) is 0.668. The zero-order valence-corrected chi connectivity index (χ0v) is 10.9. The van der Waals surface area contributed by atoms with E-state index in [4.69, 9.17) is 21.1 Å². The summed E-state index contributed by atoms with van der Waals surface area (Å²) in [6.07, 6.45) is 0. The van der Waals surface area contributed by atoms with Crippen LogP contribution in [0.25, 0.3) is 0 Å². The molecule has 0 saturated heterocycles. The van der Waals surface area contributed by atoms with Crippen molar-refractivity contribution >= 4 is 11.6 Å². The largest absolute Gasteiger partial charge is 0.439 e. The Labute approximate surface area is 111 Å². The number of nitrogens with zero attached hydrogens (tertiary/aromatic N) is 2. The fourth-order valence-corrected chi connectivity index (χ4v) is 1.62. The molecule has 0 N–H and O–H groups in total. The molecule has 0 amide bonds. The van der Waals surface area contributed by atoms with Gasteiger partial charge < -0.3 is 9.47 Å². The molecule has 0 aliphatic rings. The first-order valence-corrected chi connectivity index (χ1v) is 5.82. The van der Waals surface area contributed by atoms with Gasteiger partial charge in [-0.2, -0.15) is 4.98 Å². The highest BCUT2D eigenvalue weighted by molar-refractivity contribution is 6.30. The molecule has 2 rings (SSSR count). The number of aryl methyl sites for hydroxylation is 1. The van der Waals surface area contributed by atoms with Gasteiger partial charge in [-0.05, 0) is 31.2 Å². The second-order valence-electron chi connectivity index (χ2n) is 3.73. The summed E-state index contributed by atoms with van der Waals surface area (Å²) in [7, 11) is 1.62. The number of halogens is 1. The van der Waals surface area contributed by atoms with Crippen LogP contribution in [-0.4, -0.2) is 17.1 Å². The van der Waals surface area contributed by atoms with Gasteiger partial charge in [0.1, 0.15) is 11.6 Å². The zero-order valence-electron chi connectivity index (χ0n) is 10.2. The molecule has 0 fully saturated rings. The van der Waals surface area contributed by atoms with Gasteiger partial charge in [-0.15, -0.1) is 0 Å². The number of aromatic nitrogens is 2. The lowest BCUT2D eigenvalue weighted by Gasteiger charge is -2.07. The molecule has 0 atom stereocenters. The van der Waals surface area contributed by atoms with Gasteiger partial charge in [-0.3, -0.25) is 0 Å². The second-order valence-corrected chi connectivity index (χ2v) is 4.17. The maximum Gasteiger partial charge on any atom is 0.222 e. The summed E-state index contributed by atoms with van der Waals surface area (Å²) in [5.41, 5.74) is 0.786. The molecule has 0 unspecified atom stereocenters. The Morgan fingerprint density at radius 2 is 1.89 bits per heavy atom. The maximum absolute atomic E-state index is 5.81. The average molecular weight is 265 g/mol. The topological polar surface area (TPSA) is 44.2 Å². The van der Waals surface area contributed by atoms with Gasteiger partial charge >= 0.3 is 0 Å². The van der Waals surface area contributed by atoms with Gasteiger partial charge in [-0.25, -0.2) is 4.98 Å². The summed E-state index contributed by atoms with van der Waals surface area (Å²) < 4.78 is 10.7. The minimum Gasteiger partial charge on any atom is -0.439 e. The third-order valence-corrected chi connectivity index (χ3v) is 2.45. The van der Waals surface area contributed by atoms with Crippen molar-refractivity contribution in [1.29, 1.82) is 0 Å². The third-order valence-electron chi connectivity index (χ3n) is 2.20. The van der Waals surface area contributed by atoms with Crippen LogP contribution in [0.2, 0.25) is 5.02 Å². The number of hydrogen-bond donors (Lipinski definition) is 0. The Bertz CT molecular complexity index is 529. The zero-order chi connectivity index (χ0) is 13.0. The van der Waals surface area contributed by atoms with E-state index in [1.807, 2.05) is 6.92 Å². The molecular weight excluding hydrogens is 252 g/mol. The molecule has 0 spiro atoms. The Hall–Kier alpha value is -1.65. The highest BCUT2D eigenvalue weighted by Crippen LogP contribution is 2.22. The molecule has 18 heavy (non-hydrogen) atoms. The third kappa shape index (κ3) is 3.42. The number of methoxy groups -OCH3 is 1. The van der Waals surface area contributed by atoms with E-state index in [1.165, 1.54) is 0 Å². The van der Waals surface area contributed by atoms with Crippen molar-refractivity contribution in [2.45, 2.75) is 13.5 Å². The average Bonchev–Trinajstić information content (AvgIpc) is 2.32. The molecule has 1 aromatic heterocycles. The van der Waals surface area contributed by atoms with Crippen LogP contribution in [0, 0.1) is 6.92 Å². The lowest BCUT2D eigenvalue weighted by Crippen LogP contribution is -1.99. The van der Waals surface area contributed by atoms with Crippen molar-refractivity contribution in [3.63, 3.8) is 0 Å². The SMILES string of the molecule is COCc1cc(Oc2ccc(Cl)cc2)nc(C)n1. The summed E-state index contributed by atoms with van der Waals surface area (Å²) in [4.78, 5) is 8.45. The molecule has 0 radical (unpaired) electrons. The molecule has 2 aromatic rings. The standard InChI is InChI=1S/C13H13ClN2O2/c1-9-15-11(8-17-2)7-13(16-9)18-12-5-3-10(14)4-6-12/h3-7H,8H2,1-2H3. The first-order chi connectivity index (χ1) is 8.67. The fourth-order valence-electron chi connectivity index (χ4n) is 1.50. The second kappa shape index (κ2) is 5.80. The van der Waals surface area contributed by atoms with Gasteiger partial charge in [0.05, 0.1) is 12.3 Å². The quantitative estimate of drug-likeness (QED) is 0.849. The lowest BCUT2D eigenvalue weighted by atomic mass is 10.3. The van der Waals surface area contributed by atoms with E-state index >= 15 is 0 Å². The van der Waals surface area contributed by atoms with E-state index in [9.17, 15) is 0 Å². The highest BCUT2D eigenvalue weighted by Gasteiger charge is 2.04. The number of hydrogen-bond acceptors (Lipinski definition) is 4. The highest BCUT2D eigenvalue weighted by atomic mass is 35.5. The predicted octanol–water partition coefficient (Wildman–Crippen LogP) is 3.38. The molecular formula is C13H13ClN2O2. The van der Waals surface area contributed by atoms with E-state index in [1.54, 1.807) is 37.4 Å². The minimum atomic E-state index is 0.431. The summed E-state index contributed by atoms with van der Waals surface area (Å²) in [6.45, 7) is 2.24. The number of rotatable bonds is 4. The van der Waals surface area contributed by atoms with Crippen molar-refractivity contribution in [3.05, 3.63) is 46.9 Å². The van der Waals surface area contributed by atoms with Gasteiger partial charge in [0, 0.05) is 18.2 Å². The monoisotopic (exact) mass is 264 g/mol. The van der Waals surface area contributed by atoms with Crippen LogP contribution in [0.1, 0.15) is 11.5 Å². The van der Waals surface area contributed by atoms with Gasteiger partial charge in [0.25, 0.3) is 0 Å². The Balaban J connectivity index is 2.20. The molecule has 4 nitrogen and oxygen atoms in total. The lowest BCUT2D eigenvalue weighted by molar-refractivity contribution is 0.181. The van der Waals surface area contributed by atoms with Crippen molar-refractivity contribution in [3.8, 4) is 11.6 Å². The predicted molar refractivity (Wildman–Crippen MR) is 69.0 cm³/mol. The van der Waals surface area contributed by atoms with Crippen LogP contribution in [0.3, 0.4) is 0 Å². The van der Waals surface area contributed by atoms with E-state index < -0.39 is 0 Å². The molecule has 0 saturated carbocycles. The first kappa shape index (κ1) is 12.8. The molecule has 1 heterocycles. The fraction of sp³-hybridized carbons (Fsp3) is 0.231. The Morgan fingerprint density at radius 3 is 2.56 bits per heavy atom. The van der Waals surface area contributed by atoms with E-state index in [0.29, 0.717) is 29.1 Å². The van der Waals surface area contributed by atoms with Crippen molar-refractivity contribution < 1.29 is 9.47 Å².